The summed E-state index contributed by atoms with van der Waals surface area (Å²) in [5.41, 5.74) is 0. The normalized spacial score (nSPS) is 17.6. The number of ether oxygens (including phenoxy) is 2. The van der Waals surface area contributed by atoms with Crippen LogP contribution in [0.3, 0.4) is 0 Å². The van der Waals surface area contributed by atoms with Crippen molar-refractivity contribution in [3.05, 3.63) is 0 Å². The third-order valence-electron chi connectivity index (χ3n) is 4.98. The number of carbonyl (C=O) groups is 1. The second-order valence-corrected chi connectivity index (χ2v) is 7.50. The van der Waals surface area contributed by atoms with Gasteiger partial charge in [-0.25, -0.2) is 4.79 Å². The zero-order valence-electron chi connectivity index (χ0n) is 16.3. The average molecular weight is 357 g/mol. The first kappa shape index (κ1) is 22.4. The van der Waals surface area contributed by atoms with Crippen LogP contribution in [0.4, 0.5) is 0 Å². The van der Waals surface area contributed by atoms with Gasteiger partial charge in [-0.3, -0.25) is 0 Å². The van der Waals surface area contributed by atoms with Crippen molar-refractivity contribution in [3.8, 4) is 0 Å². The third kappa shape index (κ3) is 14.3. The quantitative estimate of drug-likeness (QED) is 0.237. The van der Waals surface area contributed by atoms with Gasteiger partial charge in [-0.15, -0.1) is 0 Å². The standard InChI is InChI=1S/C21H40O4/c1-2-3-4-5-6-7-8-9-10-11-12-13-14-15-16-20(21(22)23)25-18-19-17-24-19/h19-20H,2-18H2,1H3,(H,22,23). The summed E-state index contributed by atoms with van der Waals surface area (Å²) < 4.78 is 10.5. The van der Waals surface area contributed by atoms with Crippen molar-refractivity contribution >= 4 is 5.97 Å². The molecule has 1 heterocycles. The van der Waals surface area contributed by atoms with Crippen molar-refractivity contribution in [2.75, 3.05) is 13.2 Å². The Kier molecular flexibility index (Phi) is 14.0. The topological polar surface area (TPSA) is 59.1 Å². The highest BCUT2D eigenvalue weighted by molar-refractivity contribution is 5.72. The van der Waals surface area contributed by atoms with Gasteiger partial charge in [-0.2, -0.15) is 0 Å². The molecule has 1 fully saturated rings. The minimum Gasteiger partial charge on any atom is -0.479 e. The Morgan fingerprint density at radius 2 is 1.36 bits per heavy atom. The van der Waals surface area contributed by atoms with Gasteiger partial charge in [-0.05, 0) is 6.42 Å². The van der Waals surface area contributed by atoms with Crippen LogP contribution < -0.4 is 0 Å². The Bertz CT molecular complexity index is 315. The summed E-state index contributed by atoms with van der Waals surface area (Å²) in [5, 5.41) is 9.14. The second kappa shape index (κ2) is 15.6. The van der Waals surface area contributed by atoms with E-state index in [0.29, 0.717) is 19.6 Å². The number of epoxide rings is 1. The maximum absolute atomic E-state index is 11.1. The van der Waals surface area contributed by atoms with Gasteiger partial charge in [0.15, 0.2) is 6.10 Å². The van der Waals surface area contributed by atoms with Crippen LogP contribution in [0.1, 0.15) is 103 Å². The van der Waals surface area contributed by atoms with Gasteiger partial charge in [0.1, 0.15) is 6.10 Å². The molecule has 0 radical (unpaired) electrons. The minimum absolute atomic E-state index is 0.137. The average Bonchev–Trinajstić information content (AvgIpc) is 3.41. The van der Waals surface area contributed by atoms with Crippen molar-refractivity contribution in [1.82, 2.24) is 0 Å². The van der Waals surface area contributed by atoms with Crippen LogP contribution in [0.25, 0.3) is 0 Å². The lowest BCUT2D eigenvalue weighted by Crippen LogP contribution is -2.25. The van der Waals surface area contributed by atoms with Gasteiger partial charge in [-0.1, -0.05) is 96.8 Å². The zero-order valence-corrected chi connectivity index (χ0v) is 16.3. The Labute approximate surface area is 154 Å². The summed E-state index contributed by atoms with van der Waals surface area (Å²) in [7, 11) is 0. The molecule has 0 amide bonds. The number of hydrogen-bond donors (Lipinski definition) is 1. The molecule has 2 unspecified atom stereocenters. The van der Waals surface area contributed by atoms with Gasteiger partial charge < -0.3 is 14.6 Å². The maximum atomic E-state index is 11.1. The summed E-state index contributed by atoms with van der Waals surface area (Å²) in [6.07, 6.45) is 18.5. The lowest BCUT2D eigenvalue weighted by molar-refractivity contribution is -0.151. The van der Waals surface area contributed by atoms with Crippen molar-refractivity contribution in [2.24, 2.45) is 0 Å². The predicted octanol–water partition coefficient (Wildman–Crippen LogP) is 5.73. The highest BCUT2D eigenvalue weighted by Gasteiger charge is 2.26. The van der Waals surface area contributed by atoms with Crippen molar-refractivity contribution in [3.63, 3.8) is 0 Å². The molecule has 0 aromatic heterocycles. The molecule has 1 aliphatic heterocycles. The number of unbranched alkanes of at least 4 members (excludes halogenated alkanes) is 13. The summed E-state index contributed by atoms with van der Waals surface area (Å²) in [5.74, 6) is -0.838. The zero-order chi connectivity index (χ0) is 18.2. The largest absolute Gasteiger partial charge is 0.479 e. The molecule has 0 bridgehead atoms. The predicted molar refractivity (Wildman–Crippen MR) is 102 cm³/mol. The number of hydrogen-bond acceptors (Lipinski definition) is 3. The molecule has 25 heavy (non-hydrogen) atoms. The first-order valence-electron chi connectivity index (χ1n) is 10.7. The smallest absolute Gasteiger partial charge is 0.332 e. The van der Waals surface area contributed by atoms with E-state index in [-0.39, 0.29) is 6.10 Å². The van der Waals surface area contributed by atoms with Crippen LogP contribution in [0.15, 0.2) is 0 Å². The molecule has 1 rings (SSSR count). The summed E-state index contributed by atoms with van der Waals surface area (Å²) in [6, 6.07) is 0. The lowest BCUT2D eigenvalue weighted by Gasteiger charge is -2.12. The summed E-state index contributed by atoms with van der Waals surface area (Å²) in [6.45, 7) is 3.41. The van der Waals surface area contributed by atoms with Crippen LogP contribution in [-0.2, 0) is 14.3 Å². The molecule has 0 aliphatic carbocycles. The van der Waals surface area contributed by atoms with E-state index >= 15 is 0 Å². The number of rotatable bonds is 19. The van der Waals surface area contributed by atoms with Crippen molar-refractivity contribution in [1.29, 1.82) is 0 Å². The van der Waals surface area contributed by atoms with E-state index < -0.39 is 12.1 Å². The Hall–Kier alpha value is -0.610. The van der Waals surface area contributed by atoms with Gasteiger partial charge in [0, 0.05) is 0 Å². The van der Waals surface area contributed by atoms with Gasteiger partial charge >= 0.3 is 5.97 Å². The molecule has 4 heteroatoms. The highest BCUT2D eigenvalue weighted by atomic mass is 16.6. The first-order chi connectivity index (χ1) is 12.2. The lowest BCUT2D eigenvalue weighted by atomic mass is 10.0. The monoisotopic (exact) mass is 356 g/mol. The van der Waals surface area contributed by atoms with Gasteiger partial charge in [0.2, 0.25) is 0 Å². The van der Waals surface area contributed by atoms with E-state index in [9.17, 15) is 4.79 Å². The molecule has 0 spiro atoms. The molecular weight excluding hydrogens is 316 g/mol. The maximum Gasteiger partial charge on any atom is 0.332 e. The van der Waals surface area contributed by atoms with Crippen LogP contribution >= 0.6 is 0 Å². The second-order valence-electron chi connectivity index (χ2n) is 7.50. The van der Waals surface area contributed by atoms with E-state index in [1.165, 1.54) is 77.0 Å². The molecular formula is C21H40O4. The Morgan fingerprint density at radius 3 is 1.76 bits per heavy atom. The molecule has 0 saturated carbocycles. The molecule has 0 aromatic rings. The molecule has 2 atom stereocenters. The van der Waals surface area contributed by atoms with Crippen LogP contribution in [0.2, 0.25) is 0 Å². The fraction of sp³-hybridized carbons (Fsp3) is 0.952. The fourth-order valence-electron chi connectivity index (χ4n) is 3.19. The van der Waals surface area contributed by atoms with Crippen molar-refractivity contribution < 1.29 is 19.4 Å². The Balaban J connectivity index is 1.79. The first-order valence-corrected chi connectivity index (χ1v) is 10.7. The van der Waals surface area contributed by atoms with E-state index in [2.05, 4.69) is 6.92 Å². The molecule has 1 aliphatic rings. The van der Waals surface area contributed by atoms with E-state index in [1.807, 2.05) is 0 Å². The van der Waals surface area contributed by atoms with Gasteiger partial charge in [0.25, 0.3) is 0 Å². The van der Waals surface area contributed by atoms with E-state index in [0.717, 1.165) is 12.8 Å². The van der Waals surface area contributed by atoms with Gasteiger partial charge in [0.05, 0.1) is 13.2 Å². The van der Waals surface area contributed by atoms with Crippen molar-refractivity contribution in [2.45, 2.75) is 115 Å². The minimum atomic E-state index is -0.838. The third-order valence-corrected chi connectivity index (χ3v) is 4.98. The molecule has 0 aromatic carbocycles. The summed E-state index contributed by atoms with van der Waals surface area (Å²) in [4.78, 5) is 11.1. The van der Waals surface area contributed by atoms with Crippen LogP contribution in [0, 0.1) is 0 Å². The number of carboxylic acids is 1. The molecule has 148 valence electrons. The summed E-state index contributed by atoms with van der Waals surface area (Å²) >= 11 is 0. The molecule has 4 nitrogen and oxygen atoms in total. The molecule has 1 saturated heterocycles. The number of carboxylic acid groups (broad SMARTS) is 1. The van der Waals surface area contributed by atoms with Crippen LogP contribution in [-0.4, -0.2) is 36.5 Å². The van der Waals surface area contributed by atoms with E-state index in [1.54, 1.807) is 0 Å². The SMILES string of the molecule is CCCCCCCCCCCCCCCCC(OCC1CO1)C(=O)O. The fourth-order valence-corrected chi connectivity index (χ4v) is 3.19. The number of aliphatic carboxylic acids is 1. The van der Waals surface area contributed by atoms with E-state index in [4.69, 9.17) is 14.6 Å². The Morgan fingerprint density at radius 1 is 0.920 bits per heavy atom. The highest BCUT2D eigenvalue weighted by Crippen LogP contribution is 2.16. The van der Waals surface area contributed by atoms with Crippen LogP contribution in [0.5, 0.6) is 0 Å². The molecule has 1 N–H and O–H groups in total.